The van der Waals surface area contributed by atoms with Crippen LogP contribution in [0.15, 0.2) is 79.4 Å². The van der Waals surface area contributed by atoms with Crippen molar-refractivity contribution in [3.05, 3.63) is 103 Å². The van der Waals surface area contributed by atoms with Crippen molar-refractivity contribution in [2.75, 3.05) is 26.7 Å². The zero-order chi connectivity index (χ0) is 39.2. The number of methoxy groups -OCH3 is 1. The van der Waals surface area contributed by atoms with Crippen LogP contribution in [0.3, 0.4) is 0 Å². The van der Waals surface area contributed by atoms with Crippen molar-refractivity contribution in [2.45, 2.75) is 45.0 Å². The van der Waals surface area contributed by atoms with E-state index >= 15 is 4.39 Å². The Kier molecular flexibility index (Phi) is 9.15. The van der Waals surface area contributed by atoms with Crippen LogP contribution in [0.5, 0.6) is 5.75 Å². The molecular weight excluding hydrogens is 732 g/mol. The largest absolute Gasteiger partial charge is 0.463 e. The van der Waals surface area contributed by atoms with Crippen molar-refractivity contribution in [3.8, 4) is 39.5 Å². The first-order chi connectivity index (χ1) is 27.8. The average molecular weight is 771 g/mol. The molecule has 1 fully saturated rings. The van der Waals surface area contributed by atoms with Gasteiger partial charge in [-0.1, -0.05) is 19.1 Å². The number of hydrogen-bond acceptors (Lipinski definition) is 8. The molecule has 9 rings (SSSR count). The summed E-state index contributed by atoms with van der Waals surface area (Å²) in [5, 5.41) is 3.31. The summed E-state index contributed by atoms with van der Waals surface area (Å²) >= 11 is 0. The molecule has 1 unspecified atom stereocenters. The standard InChI is InChI=1S/C41H39FN10O5/c1-3-11-49(23-53)22-35-43-18-28(46-35)24-9-10-31-26(14-24)16-33-38-27(42)15-25(17-34(38)57-40(52(31)33)30-21-50-12-5-4-8-36(50)47-30)29-19-44-39(48-29)32-7-6-13-51(32)37(54)20-45-41(55)56-2/h4-5,8-10,12,14-19,21,23,32,40H,3,6-7,11,13,20,22H2,1-2H3,(H,43,46)(H,44,48)(H,45,55)/t32-,40?/m0/s1. The SMILES string of the molecule is CCCN(C=O)Cc1ncc(-c2ccc3c(c2)cc2n3C(c3cn4ccccc4n3)Oc3cc(-c4cnc([C@@H]5CCCN5C(=O)CNC(=O)OC)[nH]4)cc(F)c3-2)[nH]1. The minimum absolute atomic E-state index is 0.194. The molecule has 2 aliphatic heterocycles. The molecule has 3 N–H and O–H groups in total. The van der Waals surface area contributed by atoms with E-state index in [-0.39, 0.29) is 18.5 Å². The van der Waals surface area contributed by atoms with Gasteiger partial charge in [0, 0.05) is 42.0 Å². The maximum atomic E-state index is 16.6. The van der Waals surface area contributed by atoms with Gasteiger partial charge in [0.25, 0.3) is 0 Å². The summed E-state index contributed by atoms with van der Waals surface area (Å²) in [6.45, 7) is 3.36. The second-order valence-corrected chi connectivity index (χ2v) is 14.2. The number of fused-ring (bicyclic) bond motifs is 6. The van der Waals surface area contributed by atoms with Crippen LogP contribution < -0.4 is 10.1 Å². The van der Waals surface area contributed by atoms with Crippen LogP contribution in [-0.2, 0) is 20.9 Å². The molecule has 7 aromatic rings. The van der Waals surface area contributed by atoms with Crippen molar-refractivity contribution in [3.63, 3.8) is 0 Å². The van der Waals surface area contributed by atoms with E-state index in [9.17, 15) is 14.4 Å². The molecule has 1 saturated heterocycles. The Labute approximate surface area is 325 Å². The van der Waals surface area contributed by atoms with Crippen molar-refractivity contribution in [1.29, 1.82) is 0 Å². The number of nitrogens with one attached hydrogen (secondary N) is 3. The van der Waals surface area contributed by atoms with E-state index in [0.717, 1.165) is 47.1 Å². The number of aromatic amines is 2. The van der Waals surface area contributed by atoms with Gasteiger partial charge in [-0.2, -0.15) is 0 Å². The Morgan fingerprint density at radius 1 is 1.09 bits per heavy atom. The number of pyridine rings is 1. The third kappa shape index (κ3) is 6.51. The number of ether oxygens (including phenoxy) is 2. The molecule has 15 nitrogen and oxygen atoms in total. The summed E-state index contributed by atoms with van der Waals surface area (Å²) in [6.07, 6.45) is 8.95. The Hall–Kier alpha value is -6.97. The second-order valence-electron chi connectivity index (χ2n) is 14.2. The molecule has 0 aliphatic carbocycles. The molecule has 16 heteroatoms. The lowest BCUT2D eigenvalue weighted by Gasteiger charge is -2.29. The normalized spacial score (nSPS) is 16.0. The number of nitrogens with zero attached hydrogens (tertiary/aromatic N) is 7. The molecule has 3 amide bonds. The third-order valence-corrected chi connectivity index (χ3v) is 10.6. The molecule has 7 heterocycles. The molecule has 2 aromatic carbocycles. The number of imidazole rings is 3. The van der Waals surface area contributed by atoms with Gasteiger partial charge in [-0.05, 0) is 61.7 Å². The predicted molar refractivity (Wildman–Crippen MR) is 207 cm³/mol. The fourth-order valence-corrected chi connectivity index (χ4v) is 7.93. The summed E-state index contributed by atoms with van der Waals surface area (Å²) in [5.74, 6) is 0.860. The molecule has 0 bridgehead atoms. The first kappa shape index (κ1) is 35.7. The first-order valence-corrected chi connectivity index (χ1v) is 18.8. The van der Waals surface area contributed by atoms with Crippen LogP contribution in [-0.4, -0.2) is 88.8 Å². The number of halogens is 1. The second kappa shape index (κ2) is 14.6. The number of rotatable bonds is 11. The number of alkyl carbamates (subject to hydrolysis) is 1. The minimum atomic E-state index is -0.731. The van der Waals surface area contributed by atoms with E-state index in [0.29, 0.717) is 71.7 Å². The van der Waals surface area contributed by atoms with Crippen molar-refractivity contribution in [2.24, 2.45) is 0 Å². The molecule has 0 radical (unpaired) electrons. The lowest BCUT2D eigenvalue weighted by Crippen LogP contribution is -2.40. The highest BCUT2D eigenvalue weighted by molar-refractivity contribution is 5.92. The molecule has 2 aliphatic rings. The number of amides is 3. The fraction of sp³-hybridized carbons (Fsp3) is 0.268. The maximum absolute atomic E-state index is 16.6. The highest BCUT2D eigenvalue weighted by Crippen LogP contribution is 2.47. The number of carbonyl (C=O) groups excluding carboxylic acids is 3. The van der Waals surface area contributed by atoms with Gasteiger partial charge in [-0.3, -0.25) is 14.2 Å². The van der Waals surface area contributed by atoms with Crippen LogP contribution >= 0.6 is 0 Å². The van der Waals surface area contributed by atoms with Crippen LogP contribution in [0, 0.1) is 5.82 Å². The summed E-state index contributed by atoms with van der Waals surface area (Å²) in [4.78, 5) is 60.1. The topological polar surface area (TPSA) is 168 Å². The molecule has 290 valence electrons. The predicted octanol–water partition coefficient (Wildman–Crippen LogP) is 6.20. The molecule has 57 heavy (non-hydrogen) atoms. The van der Waals surface area contributed by atoms with Crippen LogP contribution in [0.25, 0.3) is 50.3 Å². The smallest absolute Gasteiger partial charge is 0.407 e. The van der Waals surface area contributed by atoms with Gasteiger partial charge in [0.1, 0.15) is 41.1 Å². The molecular formula is C41H39FN10O5. The van der Waals surface area contributed by atoms with E-state index in [1.54, 1.807) is 28.3 Å². The van der Waals surface area contributed by atoms with E-state index in [4.69, 9.17) is 9.72 Å². The monoisotopic (exact) mass is 770 g/mol. The molecule has 5 aromatic heterocycles. The highest BCUT2D eigenvalue weighted by atomic mass is 19.1. The zero-order valence-electron chi connectivity index (χ0n) is 31.2. The van der Waals surface area contributed by atoms with Gasteiger partial charge in [-0.25, -0.2) is 24.1 Å². The average Bonchev–Trinajstić information content (AvgIpc) is 4.08. The fourth-order valence-electron chi connectivity index (χ4n) is 7.93. The van der Waals surface area contributed by atoms with Gasteiger partial charge in [-0.15, -0.1) is 0 Å². The Bertz CT molecular complexity index is 2630. The van der Waals surface area contributed by atoms with Crippen molar-refractivity contribution >= 4 is 35.0 Å². The number of H-pyrrole nitrogens is 2. The van der Waals surface area contributed by atoms with Gasteiger partial charge in [0.05, 0.1) is 60.3 Å². The Balaban J connectivity index is 1.08. The number of likely N-dealkylation sites (tertiary alicyclic amines) is 1. The zero-order valence-corrected chi connectivity index (χ0v) is 31.2. The lowest BCUT2D eigenvalue weighted by molar-refractivity contribution is -0.131. The van der Waals surface area contributed by atoms with Gasteiger partial charge in [0.15, 0.2) is 0 Å². The van der Waals surface area contributed by atoms with Crippen molar-refractivity contribution < 1.29 is 28.2 Å². The maximum Gasteiger partial charge on any atom is 0.407 e. The van der Waals surface area contributed by atoms with Crippen molar-refractivity contribution in [1.82, 2.24) is 49.0 Å². The molecule has 2 atom stereocenters. The first-order valence-electron chi connectivity index (χ1n) is 18.8. The molecule has 0 spiro atoms. The highest BCUT2D eigenvalue weighted by Gasteiger charge is 2.35. The van der Waals surface area contributed by atoms with Gasteiger partial charge >= 0.3 is 6.09 Å². The van der Waals surface area contributed by atoms with Gasteiger partial charge in [0.2, 0.25) is 18.5 Å². The van der Waals surface area contributed by atoms with Crippen LogP contribution in [0.4, 0.5) is 9.18 Å². The Morgan fingerprint density at radius 2 is 1.95 bits per heavy atom. The van der Waals surface area contributed by atoms with E-state index < -0.39 is 18.1 Å². The summed E-state index contributed by atoms with van der Waals surface area (Å²) in [6, 6.07) is 16.7. The third-order valence-electron chi connectivity index (χ3n) is 10.6. The summed E-state index contributed by atoms with van der Waals surface area (Å²) in [5.41, 5.74) is 5.93. The number of carbonyl (C=O) groups is 3. The van der Waals surface area contributed by atoms with Crippen LogP contribution in [0.2, 0.25) is 0 Å². The number of hydrogen-bond donors (Lipinski definition) is 3. The number of aromatic nitrogens is 7. The van der Waals surface area contributed by atoms with Gasteiger partial charge < -0.3 is 39.0 Å². The van der Waals surface area contributed by atoms with E-state index in [1.165, 1.54) is 13.2 Å². The summed E-state index contributed by atoms with van der Waals surface area (Å²) < 4.78 is 31.9. The minimum Gasteiger partial charge on any atom is -0.463 e. The molecule has 0 saturated carbocycles. The quantitative estimate of drug-likeness (QED) is 0.131. The summed E-state index contributed by atoms with van der Waals surface area (Å²) in [7, 11) is 1.24. The van der Waals surface area contributed by atoms with E-state index in [2.05, 4.69) is 30.0 Å². The Morgan fingerprint density at radius 3 is 2.77 bits per heavy atom. The lowest BCUT2D eigenvalue weighted by atomic mass is 10.0. The number of benzene rings is 2. The van der Waals surface area contributed by atoms with E-state index in [1.807, 2.05) is 70.7 Å². The van der Waals surface area contributed by atoms with Crippen LogP contribution in [0.1, 0.15) is 55.8 Å².